The van der Waals surface area contributed by atoms with Crippen molar-refractivity contribution in [1.29, 1.82) is 0 Å². The number of rotatable bonds is 36. The molecule has 0 radical (unpaired) electrons. The molecule has 9 nitrogen and oxygen atoms in total. The van der Waals surface area contributed by atoms with E-state index >= 15 is 0 Å². The molecule has 0 aliphatic heterocycles. The molecule has 0 amide bonds. The van der Waals surface area contributed by atoms with Crippen LogP contribution in [0.3, 0.4) is 0 Å². The molecule has 0 bridgehead atoms. The van der Waals surface area contributed by atoms with Crippen LogP contribution in [0.1, 0.15) is 129 Å². The zero-order valence-electron chi connectivity index (χ0n) is 35.5. The summed E-state index contributed by atoms with van der Waals surface area (Å²) >= 11 is 0. The number of hydrogen-bond donors (Lipinski definition) is 0. The molecular weight excluding hydrogens is 725 g/mol. The molecule has 0 aliphatic carbocycles. The maximum absolute atomic E-state index is 12.6. The van der Waals surface area contributed by atoms with Gasteiger partial charge in [-0.15, -0.1) is 0 Å². The van der Waals surface area contributed by atoms with Crippen molar-refractivity contribution in [3.05, 3.63) is 97.2 Å². The Morgan fingerprint density at radius 2 is 1.02 bits per heavy atom. The van der Waals surface area contributed by atoms with Gasteiger partial charge in [0.05, 0.1) is 27.7 Å². The van der Waals surface area contributed by atoms with Crippen molar-refractivity contribution >= 4 is 19.8 Å². The first-order valence-electron chi connectivity index (χ1n) is 20.9. The van der Waals surface area contributed by atoms with Crippen LogP contribution >= 0.6 is 7.82 Å². The second kappa shape index (κ2) is 37.5. The zero-order valence-corrected chi connectivity index (χ0v) is 36.4. The van der Waals surface area contributed by atoms with Crippen LogP contribution in [-0.2, 0) is 32.7 Å². The number of phosphoric ester groups is 1. The van der Waals surface area contributed by atoms with E-state index < -0.39 is 32.5 Å². The predicted octanol–water partition coefficient (Wildman–Crippen LogP) is 11.2. The number of hydrogen-bond acceptors (Lipinski definition) is 8. The fourth-order valence-corrected chi connectivity index (χ4v) is 5.54. The van der Waals surface area contributed by atoms with Gasteiger partial charge in [-0.2, -0.15) is 0 Å². The first-order valence-corrected chi connectivity index (χ1v) is 22.4. The molecule has 0 aromatic carbocycles. The third kappa shape index (κ3) is 40.6. The molecule has 0 spiro atoms. The van der Waals surface area contributed by atoms with E-state index in [9.17, 15) is 19.0 Å². The molecule has 0 aromatic rings. The van der Waals surface area contributed by atoms with Crippen molar-refractivity contribution in [2.45, 2.75) is 136 Å². The fraction of sp³-hybridized carbons (Fsp3) is 0.609. The van der Waals surface area contributed by atoms with Crippen molar-refractivity contribution in [2.24, 2.45) is 0 Å². The highest BCUT2D eigenvalue weighted by Crippen LogP contribution is 2.38. The average molecular weight is 802 g/mol. The standard InChI is InChI=1S/C46H76NO8P/c1-6-8-10-12-14-16-18-20-22-23-25-26-28-30-32-34-36-38-45(48)52-42-44(43-54-56(50,51)53-41-40-47(3,4)5)55-46(49)39-37-35-33-31-29-27-24-21-19-17-15-13-11-9-7-2/h8,10,14-17,20-22,24-26,29-32,44H,6-7,9,11-13,18-19,23,27-28,33-43H2,1-5H3/b10-8+,16-14+,17-15+,22-20+,24-21+,26-25+,31-29+,32-30+/t44-/m1/s1. The Labute approximate surface area is 341 Å². The smallest absolute Gasteiger partial charge is 0.306 e. The SMILES string of the molecule is CC/C=C/C/C=C/C/C=C/C/C=C/C/C=C/CCCC(=O)OC[C@H](COP(=O)([O-])OCC[N+](C)(C)C)OC(=O)CCCC/C=C/C/C=C/C/C=C/CCCCC. The van der Waals surface area contributed by atoms with Crippen LogP contribution in [0, 0.1) is 0 Å². The van der Waals surface area contributed by atoms with Crippen molar-refractivity contribution in [2.75, 3.05) is 47.5 Å². The first-order chi connectivity index (χ1) is 27.0. The maximum Gasteiger partial charge on any atom is 0.306 e. The maximum atomic E-state index is 12.6. The van der Waals surface area contributed by atoms with Gasteiger partial charge in [-0.05, 0) is 89.9 Å². The number of unbranched alkanes of at least 4 members (excludes halogenated alkanes) is 6. The molecule has 0 aromatic heterocycles. The predicted molar refractivity (Wildman–Crippen MR) is 231 cm³/mol. The molecule has 10 heteroatoms. The number of carbonyl (C=O) groups is 2. The van der Waals surface area contributed by atoms with Gasteiger partial charge in [0.25, 0.3) is 7.82 Å². The molecule has 1 unspecified atom stereocenters. The number of likely N-dealkylation sites (N-methyl/N-ethyl adjacent to an activating group) is 1. The van der Waals surface area contributed by atoms with Crippen molar-refractivity contribution in [3.8, 4) is 0 Å². The minimum Gasteiger partial charge on any atom is -0.756 e. The molecule has 0 saturated carbocycles. The van der Waals surface area contributed by atoms with Crippen LogP contribution in [0.5, 0.6) is 0 Å². The van der Waals surface area contributed by atoms with Gasteiger partial charge >= 0.3 is 11.9 Å². The number of carbonyl (C=O) groups excluding carboxylic acids is 2. The number of nitrogens with zero attached hydrogens (tertiary/aromatic N) is 1. The fourth-order valence-electron chi connectivity index (χ4n) is 4.81. The Hall–Kier alpha value is -3.07. The van der Waals surface area contributed by atoms with Gasteiger partial charge in [-0.3, -0.25) is 14.2 Å². The third-order valence-corrected chi connectivity index (χ3v) is 9.05. The van der Waals surface area contributed by atoms with Gasteiger partial charge in [-0.25, -0.2) is 0 Å². The summed E-state index contributed by atoms with van der Waals surface area (Å²) in [5.74, 6) is -0.960. The van der Waals surface area contributed by atoms with Gasteiger partial charge in [0.1, 0.15) is 19.8 Å². The zero-order chi connectivity index (χ0) is 41.4. The number of allylic oxidation sites excluding steroid dienone is 16. The Bertz CT molecular complexity index is 1270. The van der Waals surface area contributed by atoms with Crippen molar-refractivity contribution < 1.29 is 42.1 Å². The molecule has 318 valence electrons. The lowest BCUT2D eigenvalue weighted by molar-refractivity contribution is -0.870. The van der Waals surface area contributed by atoms with Crippen LogP contribution in [0.4, 0.5) is 0 Å². The summed E-state index contributed by atoms with van der Waals surface area (Å²) in [6.45, 7) is 3.93. The average Bonchev–Trinajstić information content (AvgIpc) is 3.15. The van der Waals surface area contributed by atoms with Gasteiger partial charge < -0.3 is 27.9 Å². The van der Waals surface area contributed by atoms with Crippen molar-refractivity contribution in [1.82, 2.24) is 0 Å². The Balaban J connectivity index is 4.58. The van der Waals surface area contributed by atoms with Gasteiger partial charge in [-0.1, -0.05) is 124 Å². The summed E-state index contributed by atoms with van der Waals surface area (Å²) in [6, 6.07) is 0. The van der Waals surface area contributed by atoms with Crippen LogP contribution in [-0.4, -0.2) is 70.0 Å². The van der Waals surface area contributed by atoms with Gasteiger partial charge in [0.2, 0.25) is 0 Å². The van der Waals surface area contributed by atoms with Crippen molar-refractivity contribution in [3.63, 3.8) is 0 Å². The third-order valence-electron chi connectivity index (χ3n) is 8.09. The highest BCUT2D eigenvalue weighted by Gasteiger charge is 2.21. The van der Waals surface area contributed by atoms with E-state index in [0.29, 0.717) is 23.9 Å². The van der Waals surface area contributed by atoms with E-state index in [1.54, 1.807) is 0 Å². The minimum atomic E-state index is -4.65. The van der Waals surface area contributed by atoms with Gasteiger partial charge in [0, 0.05) is 12.8 Å². The topological polar surface area (TPSA) is 111 Å². The number of ether oxygens (including phenoxy) is 2. The number of quaternary nitrogens is 1. The summed E-state index contributed by atoms with van der Waals surface area (Å²) in [7, 11) is 1.09. The lowest BCUT2D eigenvalue weighted by Crippen LogP contribution is -2.37. The highest BCUT2D eigenvalue weighted by atomic mass is 31.2. The van der Waals surface area contributed by atoms with Crippen LogP contribution in [0.25, 0.3) is 0 Å². The molecule has 0 saturated heterocycles. The normalized spacial score (nSPS) is 14.6. The van der Waals surface area contributed by atoms with Crippen LogP contribution in [0.2, 0.25) is 0 Å². The molecule has 0 aliphatic rings. The van der Waals surface area contributed by atoms with E-state index in [-0.39, 0.29) is 26.1 Å². The molecule has 0 heterocycles. The quantitative estimate of drug-likeness (QED) is 0.0202. The summed E-state index contributed by atoms with van der Waals surface area (Å²) in [4.78, 5) is 37.4. The second-order valence-corrected chi connectivity index (χ2v) is 16.0. The monoisotopic (exact) mass is 802 g/mol. The molecule has 56 heavy (non-hydrogen) atoms. The van der Waals surface area contributed by atoms with E-state index in [4.69, 9.17) is 18.5 Å². The summed E-state index contributed by atoms with van der Waals surface area (Å²) in [5.41, 5.74) is 0. The number of phosphoric acid groups is 1. The summed E-state index contributed by atoms with van der Waals surface area (Å²) < 4.78 is 33.7. The largest absolute Gasteiger partial charge is 0.756 e. The Morgan fingerprint density at radius 3 is 1.50 bits per heavy atom. The summed E-state index contributed by atoms with van der Waals surface area (Å²) in [5, 5.41) is 0. The molecule has 0 N–H and O–H groups in total. The molecular formula is C46H76NO8P. The second-order valence-electron chi connectivity index (χ2n) is 14.6. The highest BCUT2D eigenvalue weighted by molar-refractivity contribution is 7.45. The minimum absolute atomic E-state index is 0.0527. The van der Waals surface area contributed by atoms with E-state index in [1.807, 2.05) is 27.2 Å². The molecule has 2 atom stereocenters. The van der Waals surface area contributed by atoms with Gasteiger partial charge in [0.15, 0.2) is 6.10 Å². The molecule has 0 rings (SSSR count). The Morgan fingerprint density at radius 1 is 0.571 bits per heavy atom. The van der Waals surface area contributed by atoms with Crippen LogP contribution in [0.15, 0.2) is 97.2 Å². The van der Waals surface area contributed by atoms with E-state index in [1.165, 1.54) is 19.3 Å². The molecule has 0 fully saturated rings. The Kier molecular flexibility index (Phi) is 35.4. The van der Waals surface area contributed by atoms with Crippen LogP contribution < -0.4 is 4.89 Å². The van der Waals surface area contributed by atoms with E-state index in [2.05, 4.69) is 105 Å². The lowest BCUT2D eigenvalue weighted by atomic mass is 10.1. The van der Waals surface area contributed by atoms with E-state index in [0.717, 1.165) is 70.6 Å². The lowest BCUT2D eigenvalue weighted by Gasteiger charge is -2.28. The summed E-state index contributed by atoms with van der Waals surface area (Å²) in [6.07, 6.45) is 48.7. The number of esters is 2. The first kappa shape index (κ1) is 52.9.